The molecule has 0 amide bonds. The van der Waals surface area contributed by atoms with Gasteiger partial charge in [0.05, 0.1) is 24.9 Å². The molecule has 0 saturated heterocycles. The number of nitrogens with one attached hydrogen (secondary N) is 4. The number of aromatic amines is 2. The number of H-pyrrole nitrogens is 2. The second-order valence-electron chi connectivity index (χ2n) is 5.68. The summed E-state index contributed by atoms with van der Waals surface area (Å²) in [6.07, 6.45) is 5.16. The standard InChI is InChI=1S/C16H24N8OS2/c1-12-14(23-10-21-12)7-26-5-3-18-16(20-9-17)19-4-6-27(25)8-15-13(2)22-11-24-15/h10-11H,3-8H2,1-2H3,(H,21,23)(H,22,24)(H2,18,19,20). The molecule has 2 heterocycles. The van der Waals surface area contributed by atoms with E-state index >= 15 is 0 Å². The van der Waals surface area contributed by atoms with Crippen LogP contribution < -0.4 is 10.6 Å². The molecular weight excluding hydrogens is 384 g/mol. The van der Waals surface area contributed by atoms with Gasteiger partial charge in [0, 0.05) is 29.4 Å². The highest BCUT2D eigenvalue weighted by atomic mass is 32.2. The lowest BCUT2D eigenvalue weighted by atomic mass is 10.4. The first-order valence-corrected chi connectivity index (χ1v) is 11.1. The monoisotopic (exact) mass is 408 g/mol. The minimum atomic E-state index is -1.05. The summed E-state index contributed by atoms with van der Waals surface area (Å²) in [5.74, 6) is 2.91. The summed E-state index contributed by atoms with van der Waals surface area (Å²) < 4.78 is 12.1. The van der Waals surface area contributed by atoms with Gasteiger partial charge in [0.15, 0.2) is 6.19 Å². The van der Waals surface area contributed by atoms with Crippen molar-refractivity contribution in [2.24, 2.45) is 4.99 Å². The molecule has 9 nitrogen and oxygen atoms in total. The van der Waals surface area contributed by atoms with Crippen LogP contribution in [0.4, 0.5) is 0 Å². The zero-order valence-electron chi connectivity index (χ0n) is 15.4. The molecule has 2 rings (SSSR count). The van der Waals surface area contributed by atoms with Gasteiger partial charge in [0.2, 0.25) is 5.96 Å². The van der Waals surface area contributed by atoms with E-state index in [2.05, 4.69) is 35.6 Å². The quantitative estimate of drug-likeness (QED) is 0.114. The smallest absolute Gasteiger partial charge is 0.204 e. The summed E-state index contributed by atoms with van der Waals surface area (Å²) in [6, 6.07) is 0. The van der Waals surface area contributed by atoms with Crippen molar-refractivity contribution in [3.63, 3.8) is 0 Å². The highest BCUT2D eigenvalue weighted by Gasteiger charge is 2.11. The Morgan fingerprint density at radius 1 is 1.30 bits per heavy atom. The summed E-state index contributed by atoms with van der Waals surface area (Å²) >= 11 is 0.698. The Morgan fingerprint density at radius 2 is 2.00 bits per heavy atom. The van der Waals surface area contributed by atoms with Crippen molar-refractivity contribution in [1.29, 1.82) is 5.26 Å². The number of thioether (sulfide) groups is 1. The molecule has 0 radical (unpaired) electrons. The van der Waals surface area contributed by atoms with Crippen LogP contribution in [0.1, 0.15) is 22.8 Å². The predicted octanol–water partition coefficient (Wildman–Crippen LogP) is 0.948. The van der Waals surface area contributed by atoms with E-state index in [-0.39, 0.29) is 0 Å². The first kappa shape index (κ1) is 21.1. The molecule has 1 unspecified atom stereocenters. The average Bonchev–Trinajstić information content (AvgIpc) is 3.23. The van der Waals surface area contributed by atoms with Crippen LogP contribution in [-0.4, -0.2) is 55.0 Å². The maximum atomic E-state index is 12.1. The molecule has 11 heteroatoms. The number of hydrogen-bond acceptors (Lipinski definition) is 6. The molecule has 0 saturated carbocycles. The number of imidazole rings is 2. The molecule has 0 aromatic carbocycles. The highest BCUT2D eigenvalue weighted by molar-refractivity contribution is 7.98. The lowest BCUT2D eigenvalue weighted by Crippen LogP contribution is -2.36. The van der Waals surface area contributed by atoms with Gasteiger partial charge in [-0.05, 0) is 25.0 Å². The summed E-state index contributed by atoms with van der Waals surface area (Å²) in [6.45, 7) is 4.94. The van der Waals surface area contributed by atoms with Crippen LogP contribution in [0.3, 0.4) is 0 Å². The Hall–Kier alpha value is -2.16. The second-order valence-corrected chi connectivity index (χ2v) is 8.36. The number of rotatable bonds is 10. The van der Waals surface area contributed by atoms with Crippen LogP contribution in [0.2, 0.25) is 0 Å². The van der Waals surface area contributed by atoms with Crippen molar-refractivity contribution in [2.75, 3.05) is 24.6 Å². The van der Waals surface area contributed by atoms with Gasteiger partial charge < -0.3 is 19.8 Å². The number of aryl methyl sites for hydroxylation is 2. The van der Waals surface area contributed by atoms with Gasteiger partial charge in [0.25, 0.3) is 0 Å². The number of guanidine groups is 1. The van der Waals surface area contributed by atoms with Crippen molar-refractivity contribution < 1.29 is 4.55 Å². The highest BCUT2D eigenvalue weighted by Crippen LogP contribution is 2.11. The first-order valence-electron chi connectivity index (χ1n) is 8.44. The fourth-order valence-electron chi connectivity index (χ4n) is 2.15. The Bertz CT molecular complexity index is 767. The zero-order valence-corrected chi connectivity index (χ0v) is 17.0. The molecule has 0 aliphatic rings. The van der Waals surface area contributed by atoms with E-state index in [0.29, 0.717) is 30.6 Å². The third-order valence-corrected chi connectivity index (χ3v) is 5.91. The summed E-state index contributed by atoms with van der Waals surface area (Å²) in [5.41, 5.74) is 3.89. The number of aromatic nitrogens is 4. The van der Waals surface area contributed by atoms with Crippen molar-refractivity contribution in [3.8, 4) is 6.19 Å². The van der Waals surface area contributed by atoms with Crippen LogP contribution in [-0.2, 0) is 22.7 Å². The van der Waals surface area contributed by atoms with Crippen LogP contribution in [0.5, 0.6) is 0 Å². The van der Waals surface area contributed by atoms with E-state index in [1.54, 1.807) is 24.4 Å². The Kier molecular flexibility index (Phi) is 9.03. The molecule has 2 aromatic rings. The minimum Gasteiger partial charge on any atom is -0.616 e. The topological polar surface area (TPSA) is 141 Å². The molecule has 4 N–H and O–H groups in total. The number of nitrogens with zero attached hydrogens (tertiary/aromatic N) is 4. The average molecular weight is 409 g/mol. The predicted molar refractivity (Wildman–Crippen MR) is 109 cm³/mol. The minimum absolute atomic E-state index is 0.368. The first-order chi connectivity index (χ1) is 13.1. The van der Waals surface area contributed by atoms with Gasteiger partial charge in [-0.3, -0.25) is 5.32 Å². The van der Waals surface area contributed by atoms with E-state index < -0.39 is 11.2 Å². The Balaban J connectivity index is 1.66. The number of hydrogen-bond donors (Lipinski definition) is 4. The molecule has 0 aliphatic carbocycles. The molecule has 0 bridgehead atoms. The van der Waals surface area contributed by atoms with Crippen LogP contribution in [0, 0.1) is 25.3 Å². The van der Waals surface area contributed by atoms with Gasteiger partial charge >= 0.3 is 0 Å². The maximum absolute atomic E-state index is 12.1. The summed E-state index contributed by atoms with van der Waals surface area (Å²) in [5, 5.41) is 14.5. The summed E-state index contributed by atoms with van der Waals surface area (Å²) in [7, 11) is 0. The number of aliphatic imine (C=N–C) groups is 1. The molecule has 2 aromatic heterocycles. The fourth-order valence-corrected chi connectivity index (χ4v) is 4.06. The largest absolute Gasteiger partial charge is 0.616 e. The maximum Gasteiger partial charge on any atom is 0.204 e. The van der Waals surface area contributed by atoms with E-state index in [1.807, 2.05) is 20.0 Å². The van der Waals surface area contributed by atoms with Crippen molar-refractivity contribution >= 4 is 28.9 Å². The van der Waals surface area contributed by atoms with Gasteiger partial charge in [-0.1, -0.05) is 0 Å². The number of nitriles is 1. The van der Waals surface area contributed by atoms with E-state index in [1.165, 1.54) is 0 Å². The van der Waals surface area contributed by atoms with Gasteiger partial charge in [-0.2, -0.15) is 17.0 Å². The van der Waals surface area contributed by atoms with Crippen molar-refractivity contribution in [2.45, 2.75) is 25.4 Å². The molecule has 27 heavy (non-hydrogen) atoms. The molecule has 1 atom stereocenters. The molecule has 146 valence electrons. The third-order valence-electron chi connectivity index (χ3n) is 3.71. The van der Waals surface area contributed by atoms with Crippen molar-refractivity contribution in [1.82, 2.24) is 30.6 Å². The molecular formula is C16H24N8OS2. The lowest BCUT2D eigenvalue weighted by molar-refractivity contribution is 0.593. The van der Waals surface area contributed by atoms with Crippen molar-refractivity contribution in [3.05, 3.63) is 35.4 Å². The van der Waals surface area contributed by atoms with Gasteiger partial charge in [-0.15, -0.1) is 0 Å². The Labute approximate surface area is 166 Å². The van der Waals surface area contributed by atoms with Gasteiger partial charge in [-0.25, -0.2) is 15.0 Å². The lowest BCUT2D eigenvalue weighted by Gasteiger charge is -2.10. The van der Waals surface area contributed by atoms with E-state index in [0.717, 1.165) is 34.3 Å². The zero-order chi connectivity index (χ0) is 19.5. The Morgan fingerprint density at radius 3 is 2.63 bits per heavy atom. The molecule has 0 spiro atoms. The van der Waals surface area contributed by atoms with Crippen LogP contribution in [0.25, 0.3) is 0 Å². The second kappa shape index (κ2) is 11.5. The van der Waals surface area contributed by atoms with Gasteiger partial charge in [0.1, 0.15) is 17.2 Å². The van der Waals surface area contributed by atoms with Crippen LogP contribution in [0.15, 0.2) is 17.6 Å². The normalized spacial score (nSPS) is 12.6. The molecule has 0 aliphatic heterocycles. The third kappa shape index (κ3) is 7.54. The van der Waals surface area contributed by atoms with E-state index in [4.69, 9.17) is 5.26 Å². The fraction of sp³-hybridized carbons (Fsp3) is 0.500. The molecule has 0 fully saturated rings. The van der Waals surface area contributed by atoms with Crippen LogP contribution >= 0.6 is 11.8 Å². The van der Waals surface area contributed by atoms with E-state index in [9.17, 15) is 4.55 Å². The SMILES string of the molecule is Cc1[nH]cnc1CSCCN/C(=N/CC[S+]([O-])Cc1nc[nH]c1C)NC#N. The summed E-state index contributed by atoms with van der Waals surface area (Å²) in [4.78, 5) is 18.7.